The Labute approximate surface area is 116 Å². The molecular formula is C13H17N5O2. The lowest BCUT2D eigenvalue weighted by Crippen LogP contribution is -2.42. The van der Waals surface area contributed by atoms with Crippen LogP contribution in [0.15, 0.2) is 24.9 Å². The Morgan fingerprint density at radius 3 is 3.05 bits per heavy atom. The van der Waals surface area contributed by atoms with Gasteiger partial charge in [0.25, 0.3) is 5.91 Å². The van der Waals surface area contributed by atoms with Crippen molar-refractivity contribution >= 4 is 5.91 Å². The zero-order valence-corrected chi connectivity index (χ0v) is 11.6. The zero-order chi connectivity index (χ0) is 14.1. The molecule has 1 atom stereocenters. The summed E-state index contributed by atoms with van der Waals surface area (Å²) in [6, 6.07) is 0.104. The van der Waals surface area contributed by atoms with Gasteiger partial charge in [-0.25, -0.2) is 4.98 Å². The number of hydrogen-bond donors (Lipinski definition) is 0. The van der Waals surface area contributed by atoms with E-state index in [0.717, 1.165) is 5.69 Å². The molecule has 7 nitrogen and oxygen atoms in total. The highest BCUT2D eigenvalue weighted by atomic mass is 16.5. The van der Waals surface area contributed by atoms with E-state index >= 15 is 0 Å². The summed E-state index contributed by atoms with van der Waals surface area (Å²) in [4.78, 5) is 18.5. The summed E-state index contributed by atoms with van der Waals surface area (Å²) in [5.74, 6) is -0.00773. The molecule has 0 bridgehead atoms. The monoisotopic (exact) mass is 275 g/mol. The highest BCUT2D eigenvalue weighted by molar-refractivity contribution is 5.93. The second kappa shape index (κ2) is 5.09. The average molecular weight is 275 g/mol. The maximum atomic E-state index is 12.5. The molecule has 7 heteroatoms. The van der Waals surface area contributed by atoms with Gasteiger partial charge in [0.2, 0.25) is 0 Å². The van der Waals surface area contributed by atoms with Gasteiger partial charge in [-0.2, -0.15) is 5.10 Å². The van der Waals surface area contributed by atoms with Gasteiger partial charge in [0.15, 0.2) is 0 Å². The van der Waals surface area contributed by atoms with Crippen LogP contribution in [0.3, 0.4) is 0 Å². The Bertz CT molecular complexity index is 618. The molecule has 1 unspecified atom stereocenters. The van der Waals surface area contributed by atoms with E-state index in [2.05, 4.69) is 14.6 Å². The number of aromatic nitrogens is 4. The van der Waals surface area contributed by atoms with Crippen LogP contribution in [0, 0.1) is 0 Å². The number of carbonyl (C=O) groups is 1. The van der Waals surface area contributed by atoms with Gasteiger partial charge >= 0.3 is 0 Å². The third kappa shape index (κ3) is 2.20. The van der Waals surface area contributed by atoms with Gasteiger partial charge in [-0.3, -0.25) is 9.48 Å². The van der Waals surface area contributed by atoms with Crippen molar-refractivity contribution in [2.45, 2.75) is 12.6 Å². The minimum atomic E-state index is -0.00773. The van der Waals surface area contributed by atoms with Crippen molar-refractivity contribution in [2.24, 2.45) is 7.05 Å². The Morgan fingerprint density at radius 1 is 1.50 bits per heavy atom. The Hall–Kier alpha value is -2.15. The minimum Gasteiger partial charge on any atom is -0.382 e. The van der Waals surface area contributed by atoms with E-state index in [-0.39, 0.29) is 11.9 Å². The van der Waals surface area contributed by atoms with Crippen molar-refractivity contribution in [3.8, 4) is 0 Å². The van der Waals surface area contributed by atoms with E-state index in [9.17, 15) is 4.79 Å². The van der Waals surface area contributed by atoms with Crippen LogP contribution in [0.1, 0.15) is 22.1 Å². The van der Waals surface area contributed by atoms with E-state index < -0.39 is 0 Å². The number of amides is 1. The Balaban J connectivity index is 1.84. The summed E-state index contributed by atoms with van der Waals surface area (Å²) in [6.45, 7) is 1.74. The van der Waals surface area contributed by atoms with E-state index in [1.165, 1.54) is 0 Å². The first-order valence-electron chi connectivity index (χ1n) is 6.46. The fourth-order valence-electron chi connectivity index (χ4n) is 2.58. The molecule has 106 valence electrons. The van der Waals surface area contributed by atoms with Crippen LogP contribution in [0.4, 0.5) is 0 Å². The van der Waals surface area contributed by atoms with E-state index in [4.69, 9.17) is 4.74 Å². The van der Waals surface area contributed by atoms with Gasteiger partial charge in [-0.1, -0.05) is 0 Å². The third-order valence-electron chi connectivity index (χ3n) is 3.52. The fourth-order valence-corrected chi connectivity index (χ4v) is 2.58. The van der Waals surface area contributed by atoms with E-state index in [1.807, 2.05) is 4.90 Å². The first kappa shape index (κ1) is 12.9. The van der Waals surface area contributed by atoms with Crippen LogP contribution in [0.2, 0.25) is 0 Å². The predicted molar refractivity (Wildman–Crippen MR) is 71.1 cm³/mol. The smallest absolute Gasteiger partial charge is 0.257 e. The largest absolute Gasteiger partial charge is 0.382 e. The van der Waals surface area contributed by atoms with Crippen molar-refractivity contribution in [3.63, 3.8) is 0 Å². The van der Waals surface area contributed by atoms with Gasteiger partial charge in [0.05, 0.1) is 43.0 Å². The van der Waals surface area contributed by atoms with Crippen LogP contribution in [-0.2, 0) is 18.3 Å². The summed E-state index contributed by atoms with van der Waals surface area (Å²) in [7, 11) is 3.47. The summed E-state index contributed by atoms with van der Waals surface area (Å²) in [6.07, 6.45) is 6.93. The number of methoxy groups -OCH3 is 1. The van der Waals surface area contributed by atoms with Crippen LogP contribution < -0.4 is 0 Å². The van der Waals surface area contributed by atoms with Crippen molar-refractivity contribution in [1.29, 1.82) is 0 Å². The standard InChI is InChI=1S/C13H17N5O2/c1-16-5-10(3-15-16)13(19)17-6-11-4-14-9-18(11)12(7-17)8-20-2/h3-5,9,12H,6-8H2,1-2H3. The van der Waals surface area contributed by atoms with Crippen molar-refractivity contribution in [2.75, 3.05) is 20.3 Å². The molecule has 3 rings (SSSR count). The molecule has 1 aliphatic heterocycles. The summed E-state index contributed by atoms with van der Waals surface area (Å²) in [5.41, 5.74) is 1.63. The number of aryl methyl sites for hydroxylation is 1. The Morgan fingerprint density at radius 2 is 2.35 bits per heavy atom. The van der Waals surface area contributed by atoms with Gasteiger partial charge in [-0.05, 0) is 0 Å². The first-order chi connectivity index (χ1) is 9.69. The lowest BCUT2D eigenvalue weighted by Gasteiger charge is -2.34. The van der Waals surface area contributed by atoms with Crippen molar-refractivity contribution in [3.05, 3.63) is 36.2 Å². The number of imidazole rings is 1. The van der Waals surface area contributed by atoms with Gasteiger partial charge in [0, 0.05) is 33.1 Å². The number of nitrogens with zero attached hydrogens (tertiary/aromatic N) is 5. The molecule has 0 aromatic carbocycles. The molecule has 20 heavy (non-hydrogen) atoms. The summed E-state index contributed by atoms with van der Waals surface area (Å²) < 4.78 is 8.96. The molecule has 0 fully saturated rings. The second-order valence-corrected chi connectivity index (χ2v) is 4.99. The van der Waals surface area contributed by atoms with Crippen LogP contribution in [0.5, 0.6) is 0 Å². The zero-order valence-electron chi connectivity index (χ0n) is 11.6. The topological polar surface area (TPSA) is 65.2 Å². The molecule has 0 saturated heterocycles. The number of fused-ring (bicyclic) bond motifs is 1. The van der Waals surface area contributed by atoms with Crippen LogP contribution in [0.25, 0.3) is 0 Å². The quantitative estimate of drug-likeness (QED) is 0.816. The molecule has 2 aromatic heterocycles. The maximum Gasteiger partial charge on any atom is 0.257 e. The Kier molecular flexibility index (Phi) is 3.27. The molecule has 0 radical (unpaired) electrons. The minimum absolute atomic E-state index is 0.00773. The highest BCUT2D eigenvalue weighted by Gasteiger charge is 2.28. The van der Waals surface area contributed by atoms with Crippen LogP contribution >= 0.6 is 0 Å². The highest BCUT2D eigenvalue weighted by Crippen LogP contribution is 2.22. The van der Waals surface area contributed by atoms with Gasteiger partial charge in [-0.15, -0.1) is 0 Å². The molecule has 0 aliphatic carbocycles. The molecule has 3 heterocycles. The lowest BCUT2D eigenvalue weighted by molar-refractivity contribution is 0.0599. The number of ether oxygens (including phenoxy) is 1. The lowest BCUT2D eigenvalue weighted by atomic mass is 10.1. The van der Waals surface area contributed by atoms with E-state index in [1.54, 1.807) is 43.8 Å². The van der Waals surface area contributed by atoms with Crippen molar-refractivity contribution in [1.82, 2.24) is 24.2 Å². The van der Waals surface area contributed by atoms with E-state index in [0.29, 0.717) is 25.3 Å². The normalized spacial score (nSPS) is 18.1. The second-order valence-electron chi connectivity index (χ2n) is 4.99. The summed E-state index contributed by atoms with van der Waals surface area (Å²) >= 11 is 0. The fraction of sp³-hybridized carbons (Fsp3) is 0.462. The average Bonchev–Trinajstić information content (AvgIpc) is 3.06. The van der Waals surface area contributed by atoms with Gasteiger partial charge < -0.3 is 14.2 Å². The molecule has 0 N–H and O–H groups in total. The third-order valence-corrected chi connectivity index (χ3v) is 3.52. The number of carbonyl (C=O) groups excluding carboxylic acids is 1. The SMILES string of the molecule is COCC1CN(C(=O)c2cnn(C)c2)Cc2cncn21. The molecule has 0 spiro atoms. The number of hydrogen-bond acceptors (Lipinski definition) is 4. The predicted octanol–water partition coefficient (Wildman–Crippen LogP) is 0.460. The van der Waals surface area contributed by atoms with Gasteiger partial charge in [0.1, 0.15) is 0 Å². The summed E-state index contributed by atoms with van der Waals surface area (Å²) in [5, 5.41) is 4.05. The molecular weight excluding hydrogens is 258 g/mol. The maximum absolute atomic E-state index is 12.5. The molecule has 0 saturated carbocycles. The van der Waals surface area contributed by atoms with Crippen molar-refractivity contribution < 1.29 is 9.53 Å². The molecule has 2 aromatic rings. The molecule has 1 aliphatic rings. The number of rotatable bonds is 3. The first-order valence-corrected chi connectivity index (χ1v) is 6.46. The van der Waals surface area contributed by atoms with Crippen LogP contribution in [-0.4, -0.2) is 50.4 Å². The molecule has 1 amide bonds.